The van der Waals surface area contributed by atoms with Crippen LogP contribution in [0.2, 0.25) is 0 Å². The van der Waals surface area contributed by atoms with Gasteiger partial charge in [0.05, 0.1) is 6.10 Å². The largest absolute Gasteiger partial charge is 0.377 e. The minimum Gasteiger partial charge on any atom is -0.377 e. The van der Waals surface area contributed by atoms with Gasteiger partial charge in [-0.2, -0.15) is 0 Å². The highest BCUT2D eigenvalue weighted by atomic mass is 16.5. The van der Waals surface area contributed by atoms with Gasteiger partial charge in [-0.1, -0.05) is 27.7 Å². The molecule has 0 radical (unpaired) electrons. The third-order valence-corrected chi connectivity index (χ3v) is 6.48. The van der Waals surface area contributed by atoms with Gasteiger partial charge in [0.15, 0.2) is 5.96 Å². The lowest BCUT2D eigenvalue weighted by atomic mass is 9.57. The Morgan fingerprint density at radius 3 is 2.67 bits per heavy atom. The molecular formula is C19H36N4O. The van der Waals surface area contributed by atoms with Crippen molar-refractivity contribution in [2.24, 2.45) is 16.3 Å². The molecule has 1 aliphatic carbocycles. The van der Waals surface area contributed by atoms with Crippen molar-refractivity contribution in [1.82, 2.24) is 15.1 Å². The quantitative estimate of drug-likeness (QED) is 0.617. The minimum atomic E-state index is 0.202. The molecule has 24 heavy (non-hydrogen) atoms. The molecule has 3 aliphatic rings. The molecule has 0 aromatic heterocycles. The van der Waals surface area contributed by atoms with E-state index in [1.165, 1.54) is 12.8 Å². The maximum Gasteiger partial charge on any atom is 0.194 e. The zero-order valence-electron chi connectivity index (χ0n) is 16.2. The van der Waals surface area contributed by atoms with E-state index in [0.29, 0.717) is 24.1 Å². The van der Waals surface area contributed by atoms with Crippen molar-refractivity contribution in [2.75, 3.05) is 39.3 Å². The molecule has 2 aliphatic heterocycles. The SMILES string of the molecule is CCN=C(NC1C2CCOC2C1(C)C)N1CCC(N(CC)CC)C1. The van der Waals surface area contributed by atoms with E-state index in [1.54, 1.807) is 0 Å². The van der Waals surface area contributed by atoms with E-state index in [4.69, 9.17) is 9.73 Å². The topological polar surface area (TPSA) is 40.1 Å². The molecule has 5 heteroatoms. The van der Waals surface area contributed by atoms with E-state index in [0.717, 1.165) is 45.3 Å². The van der Waals surface area contributed by atoms with Gasteiger partial charge in [-0.3, -0.25) is 9.89 Å². The molecule has 3 fully saturated rings. The number of likely N-dealkylation sites (tertiary alicyclic amines) is 1. The summed E-state index contributed by atoms with van der Waals surface area (Å²) in [5, 5.41) is 3.83. The number of rotatable bonds is 5. The Morgan fingerprint density at radius 2 is 2.00 bits per heavy atom. The molecular weight excluding hydrogens is 300 g/mol. The molecule has 2 heterocycles. The highest BCUT2D eigenvalue weighted by Gasteiger charge is 2.59. The highest BCUT2D eigenvalue weighted by Crippen LogP contribution is 2.52. The molecule has 0 aromatic rings. The van der Waals surface area contributed by atoms with E-state index < -0.39 is 0 Å². The summed E-state index contributed by atoms with van der Waals surface area (Å²) in [6, 6.07) is 1.16. The molecule has 4 atom stereocenters. The molecule has 1 saturated carbocycles. The number of likely N-dealkylation sites (N-methyl/N-ethyl adjacent to an activating group) is 1. The Bertz CT molecular complexity index is 460. The average Bonchev–Trinajstić information content (AvgIpc) is 3.21. The van der Waals surface area contributed by atoms with Crippen molar-refractivity contribution < 1.29 is 4.74 Å². The van der Waals surface area contributed by atoms with Gasteiger partial charge >= 0.3 is 0 Å². The molecule has 138 valence electrons. The Hall–Kier alpha value is -0.810. The first-order chi connectivity index (χ1) is 11.5. The number of ether oxygens (including phenoxy) is 1. The van der Waals surface area contributed by atoms with Gasteiger partial charge in [-0.05, 0) is 32.9 Å². The number of nitrogens with one attached hydrogen (secondary N) is 1. The summed E-state index contributed by atoms with van der Waals surface area (Å²) in [6.45, 7) is 17.6. The zero-order chi connectivity index (χ0) is 17.3. The summed E-state index contributed by atoms with van der Waals surface area (Å²) >= 11 is 0. The Kier molecular flexibility index (Phi) is 5.40. The van der Waals surface area contributed by atoms with E-state index in [1.807, 2.05) is 0 Å². The van der Waals surface area contributed by atoms with Gasteiger partial charge in [0, 0.05) is 49.7 Å². The number of hydrogen-bond donors (Lipinski definition) is 1. The molecule has 5 nitrogen and oxygen atoms in total. The number of hydrogen-bond acceptors (Lipinski definition) is 3. The third kappa shape index (κ3) is 3.05. The van der Waals surface area contributed by atoms with Gasteiger partial charge in [-0.25, -0.2) is 0 Å². The number of guanidine groups is 1. The van der Waals surface area contributed by atoms with Crippen LogP contribution in [-0.2, 0) is 4.74 Å². The lowest BCUT2D eigenvalue weighted by Gasteiger charge is -2.55. The van der Waals surface area contributed by atoms with E-state index in [-0.39, 0.29) is 5.41 Å². The monoisotopic (exact) mass is 336 g/mol. The van der Waals surface area contributed by atoms with Gasteiger partial charge in [0.2, 0.25) is 0 Å². The van der Waals surface area contributed by atoms with E-state index >= 15 is 0 Å². The Morgan fingerprint density at radius 1 is 1.25 bits per heavy atom. The fourth-order valence-corrected chi connectivity index (χ4v) is 5.12. The van der Waals surface area contributed by atoms with Crippen LogP contribution in [-0.4, -0.2) is 73.3 Å². The van der Waals surface area contributed by atoms with Gasteiger partial charge in [-0.15, -0.1) is 0 Å². The smallest absolute Gasteiger partial charge is 0.194 e. The second-order valence-corrected chi connectivity index (χ2v) is 8.09. The third-order valence-electron chi connectivity index (χ3n) is 6.48. The van der Waals surface area contributed by atoms with Crippen molar-refractivity contribution in [3.8, 4) is 0 Å². The van der Waals surface area contributed by atoms with Crippen molar-refractivity contribution >= 4 is 5.96 Å². The van der Waals surface area contributed by atoms with Crippen LogP contribution in [0.15, 0.2) is 4.99 Å². The maximum absolute atomic E-state index is 5.94. The predicted octanol–water partition coefficient (Wildman–Crippen LogP) is 2.18. The predicted molar refractivity (Wildman–Crippen MR) is 99.4 cm³/mol. The fraction of sp³-hybridized carbons (Fsp3) is 0.947. The van der Waals surface area contributed by atoms with Crippen LogP contribution in [0.1, 0.15) is 47.5 Å². The molecule has 0 bridgehead atoms. The normalized spacial score (nSPS) is 35.2. The highest BCUT2D eigenvalue weighted by molar-refractivity contribution is 5.81. The van der Waals surface area contributed by atoms with Crippen LogP contribution < -0.4 is 5.32 Å². The van der Waals surface area contributed by atoms with Crippen LogP contribution in [0, 0.1) is 11.3 Å². The lowest BCUT2D eigenvalue weighted by Crippen LogP contribution is -2.68. The van der Waals surface area contributed by atoms with Crippen molar-refractivity contribution in [1.29, 1.82) is 0 Å². The summed E-state index contributed by atoms with van der Waals surface area (Å²) in [4.78, 5) is 9.88. The minimum absolute atomic E-state index is 0.202. The fourth-order valence-electron chi connectivity index (χ4n) is 5.12. The van der Waals surface area contributed by atoms with Crippen LogP contribution in [0.4, 0.5) is 0 Å². The summed E-state index contributed by atoms with van der Waals surface area (Å²) in [6.07, 6.45) is 2.86. The zero-order valence-corrected chi connectivity index (χ0v) is 16.2. The Balaban J connectivity index is 1.65. The van der Waals surface area contributed by atoms with E-state index in [9.17, 15) is 0 Å². The Labute approximate surface area is 147 Å². The standard InChI is InChI=1S/C19H36N4O/c1-6-20-18(23-11-9-14(13-23)22(7-2)8-3)21-16-15-10-12-24-17(15)19(16,4)5/h14-17H,6-13H2,1-5H3,(H,20,21). The van der Waals surface area contributed by atoms with Crippen molar-refractivity contribution in [3.63, 3.8) is 0 Å². The molecule has 2 saturated heterocycles. The lowest BCUT2D eigenvalue weighted by molar-refractivity contribution is -0.107. The van der Waals surface area contributed by atoms with Crippen LogP contribution in [0.25, 0.3) is 0 Å². The van der Waals surface area contributed by atoms with Gasteiger partial charge in [0.1, 0.15) is 0 Å². The molecule has 0 aromatic carbocycles. The second-order valence-electron chi connectivity index (χ2n) is 8.09. The van der Waals surface area contributed by atoms with Gasteiger partial charge < -0.3 is 15.0 Å². The van der Waals surface area contributed by atoms with Gasteiger partial charge in [0.25, 0.3) is 0 Å². The van der Waals surface area contributed by atoms with Crippen LogP contribution >= 0.6 is 0 Å². The summed E-state index contributed by atoms with van der Waals surface area (Å²) in [5.74, 6) is 1.78. The number of nitrogens with zero attached hydrogens (tertiary/aromatic N) is 3. The first kappa shape index (κ1) is 18.0. The summed E-state index contributed by atoms with van der Waals surface area (Å²) in [5.41, 5.74) is 0.202. The van der Waals surface area contributed by atoms with Crippen LogP contribution in [0.5, 0.6) is 0 Å². The molecule has 3 rings (SSSR count). The first-order valence-corrected chi connectivity index (χ1v) is 9.94. The maximum atomic E-state index is 5.94. The first-order valence-electron chi connectivity index (χ1n) is 9.94. The van der Waals surface area contributed by atoms with Crippen LogP contribution in [0.3, 0.4) is 0 Å². The number of aliphatic imine (C=N–C) groups is 1. The molecule has 1 N–H and O–H groups in total. The second kappa shape index (κ2) is 7.20. The van der Waals surface area contributed by atoms with Crippen molar-refractivity contribution in [3.05, 3.63) is 0 Å². The van der Waals surface area contributed by atoms with E-state index in [2.05, 4.69) is 49.7 Å². The number of fused-ring (bicyclic) bond motifs is 1. The average molecular weight is 337 g/mol. The summed E-state index contributed by atoms with van der Waals surface area (Å²) < 4.78 is 5.94. The molecule has 0 amide bonds. The molecule has 0 spiro atoms. The summed E-state index contributed by atoms with van der Waals surface area (Å²) in [7, 11) is 0. The molecule has 4 unspecified atom stereocenters. The van der Waals surface area contributed by atoms with Crippen molar-refractivity contribution in [2.45, 2.75) is 65.6 Å².